The molecular formula is C15H18F2N2S. The molecule has 0 aliphatic heterocycles. The molecule has 2 aromatic rings. The average Bonchev–Trinajstić information content (AvgIpc) is 2.82. The molecule has 0 radical (unpaired) electrons. The number of thiazole rings is 1. The molecule has 1 aromatic heterocycles. The molecule has 1 aromatic carbocycles. The lowest BCUT2D eigenvalue weighted by atomic mass is 10.2. The van der Waals surface area contributed by atoms with E-state index in [0.29, 0.717) is 5.01 Å². The fraction of sp³-hybridized carbons (Fsp3) is 0.400. The molecule has 2 rings (SSSR count). The highest BCUT2D eigenvalue weighted by atomic mass is 32.1. The molecule has 5 heteroatoms. The van der Waals surface area contributed by atoms with Gasteiger partial charge < -0.3 is 5.32 Å². The van der Waals surface area contributed by atoms with Crippen LogP contribution < -0.4 is 5.32 Å². The Bertz CT molecular complexity index is 581. The zero-order valence-electron chi connectivity index (χ0n) is 11.7. The van der Waals surface area contributed by atoms with Gasteiger partial charge in [-0.15, -0.1) is 11.3 Å². The van der Waals surface area contributed by atoms with Gasteiger partial charge in [-0.1, -0.05) is 20.3 Å². The Hall–Kier alpha value is -1.33. The quantitative estimate of drug-likeness (QED) is 0.866. The molecule has 108 valence electrons. The maximum Gasteiger partial charge on any atom is 0.133 e. The van der Waals surface area contributed by atoms with Crippen LogP contribution in [0.15, 0.2) is 18.2 Å². The Morgan fingerprint density at radius 1 is 1.25 bits per heavy atom. The van der Waals surface area contributed by atoms with Gasteiger partial charge in [0.25, 0.3) is 0 Å². The van der Waals surface area contributed by atoms with Crippen molar-refractivity contribution >= 4 is 11.3 Å². The van der Waals surface area contributed by atoms with E-state index in [1.807, 2.05) is 6.92 Å². The molecule has 0 aliphatic rings. The van der Waals surface area contributed by atoms with Crippen molar-refractivity contribution in [1.82, 2.24) is 10.3 Å². The van der Waals surface area contributed by atoms with Crippen LogP contribution in [0.3, 0.4) is 0 Å². The zero-order valence-corrected chi connectivity index (χ0v) is 12.5. The maximum absolute atomic E-state index is 13.8. The first-order chi connectivity index (χ1) is 9.65. The highest BCUT2D eigenvalue weighted by Crippen LogP contribution is 2.31. The molecule has 0 fully saturated rings. The monoisotopic (exact) mass is 296 g/mol. The van der Waals surface area contributed by atoms with E-state index in [4.69, 9.17) is 0 Å². The van der Waals surface area contributed by atoms with Crippen molar-refractivity contribution in [2.24, 2.45) is 0 Å². The number of aromatic nitrogens is 1. The fourth-order valence-corrected chi connectivity index (χ4v) is 3.06. The van der Waals surface area contributed by atoms with Gasteiger partial charge in [0.1, 0.15) is 16.6 Å². The van der Waals surface area contributed by atoms with Gasteiger partial charge in [0.15, 0.2) is 0 Å². The van der Waals surface area contributed by atoms with Gasteiger partial charge in [-0.2, -0.15) is 0 Å². The smallest absolute Gasteiger partial charge is 0.133 e. The molecule has 2 nitrogen and oxygen atoms in total. The fourth-order valence-electron chi connectivity index (χ4n) is 1.97. The topological polar surface area (TPSA) is 24.9 Å². The van der Waals surface area contributed by atoms with Crippen LogP contribution in [0, 0.1) is 11.6 Å². The Morgan fingerprint density at radius 2 is 2.05 bits per heavy atom. The summed E-state index contributed by atoms with van der Waals surface area (Å²) in [4.78, 5) is 5.60. The molecule has 0 spiro atoms. The lowest BCUT2D eigenvalue weighted by Gasteiger charge is -2.00. The van der Waals surface area contributed by atoms with E-state index in [1.54, 1.807) is 0 Å². The number of hydrogen-bond acceptors (Lipinski definition) is 3. The number of hydrogen-bond donors (Lipinski definition) is 1. The molecule has 0 saturated heterocycles. The minimum Gasteiger partial charge on any atom is -0.312 e. The van der Waals surface area contributed by atoms with E-state index < -0.39 is 11.6 Å². The first-order valence-electron chi connectivity index (χ1n) is 6.80. The van der Waals surface area contributed by atoms with E-state index in [2.05, 4.69) is 17.2 Å². The van der Waals surface area contributed by atoms with Crippen molar-refractivity contribution in [2.45, 2.75) is 33.2 Å². The zero-order chi connectivity index (χ0) is 14.5. The Kier molecular flexibility index (Phi) is 5.20. The van der Waals surface area contributed by atoms with Gasteiger partial charge in [-0.05, 0) is 31.2 Å². The molecule has 1 N–H and O–H groups in total. The first-order valence-corrected chi connectivity index (χ1v) is 7.62. The summed E-state index contributed by atoms with van der Waals surface area (Å²) in [6.45, 7) is 5.71. The second-order valence-electron chi connectivity index (χ2n) is 4.54. The summed E-state index contributed by atoms with van der Waals surface area (Å²) < 4.78 is 27.1. The summed E-state index contributed by atoms with van der Waals surface area (Å²) >= 11 is 1.44. The first kappa shape index (κ1) is 15.1. The van der Waals surface area contributed by atoms with Crippen LogP contribution >= 0.6 is 11.3 Å². The Balaban J connectivity index is 2.38. The predicted molar refractivity (Wildman–Crippen MR) is 78.8 cm³/mol. The highest BCUT2D eigenvalue weighted by Gasteiger charge is 2.15. The van der Waals surface area contributed by atoms with Crippen molar-refractivity contribution in [3.8, 4) is 10.6 Å². The van der Waals surface area contributed by atoms with Crippen LogP contribution in [0.25, 0.3) is 10.6 Å². The van der Waals surface area contributed by atoms with Crippen molar-refractivity contribution in [1.29, 1.82) is 0 Å². The predicted octanol–water partition coefficient (Wildman–Crippen LogP) is 4.15. The average molecular weight is 296 g/mol. The maximum atomic E-state index is 13.8. The van der Waals surface area contributed by atoms with E-state index in [0.717, 1.165) is 48.6 Å². The van der Waals surface area contributed by atoms with Crippen molar-refractivity contribution in [2.75, 3.05) is 6.54 Å². The van der Waals surface area contributed by atoms with Crippen LogP contribution in [0.5, 0.6) is 0 Å². The number of nitrogens with zero attached hydrogens (tertiary/aromatic N) is 1. The summed E-state index contributed by atoms with van der Waals surface area (Å²) in [5.74, 6) is -0.875. The van der Waals surface area contributed by atoms with Gasteiger partial charge in [0.05, 0.1) is 5.69 Å². The van der Waals surface area contributed by atoms with Gasteiger partial charge in [0.2, 0.25) is 0 Å². The van der Waals surface area contributed by atoms with Crippen LogP contribution in [0.2, 0.25) is 0 Å². The molecule has 0 saturated carbocycles. The SMILES string of the molecule is CCCc1nc(-c2cc(F)ccc2F)sc1CNCC. The summed E-state index contributed by atoms with van der Waals surface area (Å²) in [5.41, 5.74) is 1.23. The second kappa shape index (κ2) is 6.90. The number of nitrogens with one attached hydrogen (secondary N) is 1. The molecular weight excluding hydrogens is 278 g/mol. The van der Waals surface area contributed by atoms with Crippen LogP contribution in [-0.4, -0.2) is 11.5 Å². The third-order valence-corrected chi connectivity index (χ3v) is 4.09. The lowest BCUT2D eigenvalue weighted by molar-refractivity contribution is 0.603. The van der Waals surface area contributed by atoms with Crippen LogP contribution in [0.1, 0.15) is 30.8 Å². The largest absolute Gasteiger partial charge is 0.312 e. The van der Waals surface area contributed by atoms with Crippen molar-refractivity contribution in [3.05, 3.63) is 40.4 Å². The summed E-state index contributed by atoms with van der Waals surface area (Å²) in [6.07, 6.45) is 1.84. The summed E-state index contributed by atoms with van der Waals surface area (Å²) in [7, 11) is 0. The summed E-state index contributed by atoms with van der Waals surface area (Å²) in [6, 6.07) is 3.48. The highest BCUT2D eigenvalue weighted by molar-refractivity contribution is 7.15. The molecule has 0 atom stereocenters. The molecule has 0 unspecified atom stereocenters. The molecule has 0 amide bonds. The van der Waals surface area contributed by atoms with Gasteiger partial charge in [0, 0.05) is 17.0 Å². The number of benzene rings is 1. The van der Waals surface area contributed by atoms with E-state index >= 15 is 0 Å². The van der Waals surface area contributed by atoms with E-state index in [9.17, 15) is 8.78 Å². The van der Waals surface area contributed by atoms with Crippen molar-refractivity contribution < 1.29 is 8.78 Å². The van der Waals surface area contributed by atoms with Gasteiger partial charge >= 0.3 is 0 Å². The van der Waals surface area contributed by atoms with Crippen LogP contribution in [-0.2, 0) is 13.0 Å². The molecule has 0 aliphatic carbocycles. The minimum absolute atomic E-state index is 0.245. The van der Waals surface area contributed by atoms with Gasteiger partial charge in [-0.25, -0.2) is 13.8 Å². The Labute approximate surface area is 121 Å². The third-order valence-electron chi connectivity index (χ3n) is 2.96. The Morgan fingerprint density at radius 3 is 2.75 bits per heavy atom. The number of halogens is 2. The summed E-state index contributed by atoms with van der Waals surface area (Å²) in [5, 5.41) is 3.81. The normalized spacial score (nSPS) is 11.0. The second-order valence-corrected chi connectivity index (χ2v) is 5.63. The third kappa shape index (κ3) is 3.41. The molecule has 0 bridgehead atoms. The molecule has 20 heavy (non-hydrogen) atoms. The van der Waals surface area contributed by atoms with Crippen molar-refractivity contribution in [3.63, 3.8) is 0 Å². The van der Waals surface area contributed by atoms with Crippen LogP contribution in [0.4, 0.5) is 8.78 Å². The minimum atomic E-state index is -0.443. The van der Waals surface area contributed by atoms with E-state index in [1.165, 1.54) is 17.4 Å². The molecule has 1 heterocycles. The number of aryl methyl sites for hydroxylation is 1. The standard InChI is InChI=1S/C15H18F2N2S/c1-3-5-13-14(9-18-4-2)20-15(19-13)11-8-10(16)6-7-12(11)17/h6-8,18H,3-5,9H2,1-2H3. The lowest BCUT2D eigenvalue weighted by Crippen LogP contribution is -2.11. The number of rotatable bonds is 6. The van der Waals surface area contributed by atoms with E-state index in [-0.39, 0.29) is 5.56 Å². The van der Waals surface area contributed by atoms with Gasteiger partial charge in [-0.3, -0.25) is 0 Å².